The first-order valence-electron chi connectivity index (χ1n) is 4.15. The van der Waals surface area contributed by atoms with Crippen molar-refractivity contribution in [3.8, 4) is 0 Å². The largest absolute Gasteiger partial charge is 0.354 e. The molecule has 0 saturated carbocycles. The van der Waals surface area contributed by atoms with Gasteiger partial charge >= 0.3 is 0 Å². The van der Waals surface area contributed by atoms with Crippen LogP contribution in [-0.4, -0.2) is 27.2 Å². The molecular formula is C7H12N4OS. The number of hydrogen-bond donors (Lipinski definition) is 2. The summed E-state index contributed by atoms with van der Waals surface area (Å²) >= 11 is 4.91. The number of rotatable bonds is 3. The highest BCUT2D eigenvalue weighted by Gasteiger charge is 2.10. The van der Waals surface area contributed by atoms with Gasteiger partial charge in [0, 0.05) is 13.0 Å². The van der Waals surface area contributed by atoms with Crippen molar-refractivity contribution in [2.75, 3.05) is 11.9 Å². The Kier molecular flexibility index (Phi) is 3.18. The summed E-state index contributed by atoms with van der Waals surface area (Å²) in [7, 11) is 0. The summed E-state index contributed by atoms with van der Waals surface area (Å²) in [6.07, 6.45) is 0.409. The van der Waals surface area contributed by atoms with Gasteiger partial charge < -0.3 is 5.32 Å². The minimum absolute atomic E-state index is 0.0605. The summed E-state index contributed by atoms with van der Waals surface area (Å²) in [6, 6.07) is 0. The molecule has 1 aromatic rings. The molecule has 0 aliphatic carbocycles. The summed E-state index contributed by atoms with van der Waals surface area (Å²) in [5.74, 6) is 0.425. The Morgan fingerprint density at radius 1 is 1.69 bits per heavy atom. The lowest BCUT2D eigenvalue weighted by molar-refractivity contribution is 0.0909. The van der Waals surface area contributed by atoms with Crippen LogP contribution in [0.25, 0.3) is 0 Å². The van der Waals surface area contributed by atoms with E-state index in [1.165, 1.54) is 4.57 Å². The molecule has 0 spiro atoms. The normalized spacial score (nSPS) is 10.0. The molecule has 1 aromatic heterocycles. The van der Waals surface area contributed by atoms with Crippen LogP contribution in [0.15, 0.2) is 0 Å². The van der Waals surface area contributed by atoms with Gasteiger partial charge in [0.2, 0.25) is 16.6 Å². The zero-order valence-corrected chi connectivity index (χ0v) is 8.44. The van der Waals surface area contributed by atoms with Crippen LogP contribution in [0.1, 0.15) is 25.1 Å². The third-order valence-electron chi connectivity index (χ3n) is 1.56. The molecule has 1 heterocycles. The molecule has 0 aliphatic heterocycles. The average molecular weight is 200 g/mol. The number of anilines is 1. The van der Waals surface area contributed by atoms with Gasteiger partial charge in [-0.3, -0.25) is 4.79 Å². The van der Waals surface area contributed by atoms with E-state index in [0.717, 1.165) is 0 Å². The standard InChI is InChI=1S/C7H12N4OS/c1-3-5(12)11-6(8-4-2)9-10-7(11)13/h3-4H2,1-2H3,(H,8,9)(H,10,13). The van der Waals surface area contributed by atoms with Gasteiger partial charge in [0.25, 0.3) is 0 Å². The van der Waals surface area contributed by atoms with Gasteiger partial charge in [0.15, 0.2) is 0 Å². The zero-order chi connectivity index (χ0) is 9.84. The highest BCUT2D eigenvalue weighted by molar-refractivity contribution is 7.71. The van der Waals surface area contributed by atoms with Crippen molar-refractivity contribution in [1.29, 1.82) is 0 Å². The first-order chi connectivity index (χ1) is 6.20. The predicted octanol–water partition coefficient (Wildman–Crippen LogP) is 1.42. The van der Waals surface area contributed by atoms with Gasteiger partial charge in [-0.1, -0.05) is 6.92 Å². The lowest BCUT2D eigenvalue weighted by atomic mass is 10.4. The second-order valence-corrected chi connectivity index (χ2v) is 2.85. The van der Waals surface area contributed by atoms with Crippen LogP contribution in [0, 0.1) is 4.77 Å². The smallest absolute Gasteiger partial charge is 0.235 e. The van der Waals surface area contributed by atoms with Crippen LogP contribution in [0.2, 0.25) is 0 Å². The third kappa shape index (κ3) is 1.95. The van der Waals surface area contributed by atoms with Gasteiger partial charge in [-0.15, -0.1) is 5.10 Å². The van der Waals surface area contributed by atoms with Crippen molar-refractivity contribution < 1.29 is 4.79 Å². The lowest BCUT2D eigenvalue weighted by Crippen LogP contribution is -2.14. The van der Waals surface area contributed by atoms with E-state index in [1.807, 2.05) is 6.92 Å². The molecule has 0 fully saturated rings. The molecule has 0 unspecified atom stereocenters. The van der Waals surface area contributed by atoms with Crippen LogP contribution >= 0.6 is 12.2 Å². The highest BCUT2D eigenvalue weighted by atomic mass is 32.1. The molecule has 0 atom stereocenters. The van der Waals surface area contributed by atoms with E-state index in [0.29, 0.717) is 23.7 Å². The van der Waals surface area contributed by atoms with E-state index < -0.39 is 0 Å². The van der Waals surface area contributed by atoms with Gasteiger partial charge in [-0.2, -0.15) is 0 Å². The van der Waals surface area contributed by atoms with E-state index in [1.54, 1.807) is 6.92 Å². The highest BCUT2D eigenvalue weighted by Crippen LogP contribution is 2.04. The van der Waals surface area contributed by atoms with Crippen LogP contribution in [0.4, 0.5) is 5.95 Å². The molecule has 0 amide bonds. The fraction of sp³-hybridized carbons (Fsp3) is 0.571. The van der Waals surface area contributed by atoms with E-state index >= 15 is 0 Å². The summed E-state index contributed by atoms with van der Waals surface area (Å²) in [4.78, 5) is 11.4. The Balaban J connectivity index is 3.08. The summed E-state index contributed by atoms with van der Waals surface area (Å²) < 4.78 is 1.71. The first kappa shape index (κ1) is 9.91. The first-order valence-corrected chi connectivity index (χ1v) is 4.56. The number of aromatic amines is 1. The van der Waals surface area contributed by atoms with Crippen LogP contribution in [0.5, 0.6) is 0 Å². The molecule has 5 nitrogen and oxygen atoms in total. The third-order valence-corrected chi connectivity index (χ3v) is 1.83. The maximum Gasteiger partial charge on any atom is 0.235 e. The molecule has 1 rings (SSSR count). The Morgan fingerprint density at radius 3 is 2.92 bits per heavy atom. The Labute approximate surface area is 81.2 Å². The number of hydrogen-bond acceptors (Lipinski definition) is 4. The quantitative estimate of drug-likeness (QED) is 0.724. The second-order valence-electron chi connectivity index (χ2n) is 2.47. The number of H-pyrrole nitrogens is 1. The second kappa shape index (κ2) is 4.18. The molecular weight excluding hydrogens is 188 g/mol. The molecule has 13 heavy (non-hydrogen) atoms. The number of carbonyl (C=O) groups is 1. The van der Waals surface area contributed by atoms with E-state index in [-0.39, 0.29) is 5.91 Å². The molecule has 0 saturated heterocycles. The number of aromatic nitrogens is 3. The van der Waals surface area contributed by atoms with Crippen LogP contribution in [0.3, 0.4) is 0 Å². The van der Waals surface area contributed by atoms with Crippen molar-refractivity contribution in [3.63, 3.8) is 0 Å². The molecule has 2 N–H and O–H groups in total. The number of nitrogens with one attached hydrogen (secondary N) is 2. The fourth-order valence-corrected chi connectivity index (χ4v) is 1.20. The van der Waals surface area contributed by atoms with Gasteiger partial charge in [-0.25, -0.2) is 9.67 Å². The van der Waals surface area contributed by atoms with E-state index in [9.17, 15) is 4.79 Å². The summed E-state index contributed by atoms with van der Waals surface area (Å²) in [5.41, 5.74) is 0. The molecule has 0 radical (unpaired) electrons. The molecule has 0 aliphatic rings. The van der Waals surface area contributed by atoms with Crippen molar-refractivity contribution in [2.45, 2.75) is 20.3 Å². The molecule has 0 aromatic carbocycles. The van der Waals surface area contributed by atoms with Crippen LogP contribution in [-0.2, 0) is 0 Å². The van der Waals surface area contributed by atoms with Gasteiger partial charge in [0.1, 0.15) is 0 Å². The van der Waals surface area contributed by atoms with E-state index in [4.69, 9.17) is 12.2 Å². The number of carbonyl (C=O) groups excluding carboxylic acids is 1. The average Bonchev–Trinajstić information content (AvgIpc) is 2.47. The summed E-state index contributed by atoms with van der Waals surface area (Å²) in [5, 5.41) is 9.40. The summed E-state index contributed by atoms with van der Waals surface area (Å²) in [6.45, 7) is 4.42. The van der Waals surface area contributed by atoms with E-state index in [2.05, 4.69) is 15.5 Å². The SMILES string of the molecule is CCNc1n[nH]c(=S)n1C(=O)CC. The van der Waals surface area contributed by atoms with Crippen LogP contribution < -0.4 is 5.32 Å². The Bertz CT molecular complexity index is 354. The minimum atomic E-state index is -0.0605. The minimum Gasteiger partial charge on any atom is -0.354 e. The predicted molar refractivity (Wildman–Crippen MR) is 52.5 cm³/mol. The molecule has 0 bridgehead atoms. The topological polar surface area (TPSA) is 62.7 Å². The lowest BCUT2D eigenvalue weighted by Gasteiger charge is -2.03. The van der Waals surface area contributed by atoms with Crippen molar-refractivity contribution >= 4 is 24.1 Å². The Hall–Kier alpha value is -1.17. The molecule has 72 valence electrons. The van der Waals surface area contributed by atoms with Crippen molar-refractivity contribution in [3.05, 3.63) is 4.77 Å². The van der Waals surface area contributed by atoms with Crippen molar-refractivity contribution in [1.82, 2.24) is 14.8 Å². The molecule has 6 heteroatoms. The van der Waals surface area contributed by atoms with Crippen molar-refractivity contribution in [2.24, 2.45) is 0 Å². The fourth-order valence-electron chi connectivity index (χ4n) is 0.963. The monoisotopic (exact) mass is 200 g/mol. The number of nitrogens with zero attached hydrogens (tertiary/aromatic N) is 2. The maximum absolute atomic E-state index is 11.4. The maximum atomic E-state index is 11.4. The van der Waals surface area contributed by atoms with Gasteiger partial charge in [0.05, 0.1) is 0 Å². The van der Waals surface area contributed by atoms with Gasteiger partial charge in [-0.05, 0) is 19.1 Å². The zero-order valence-electron chi connectivity index (χ0n) is 7.63. The Morgan fingerprint density at radius 2 is 2.38 bits per heavy atom.